The predicted molar refractivity (Wildman–Crippen MR) is 113 cm³/mol. The lowest BCUT2D eigenvalue weighted by atomic mass is 9.99. The highest BCUT2D eigenvalue weighted by molar-refractivity contribution is 5.89. The minimum absolute atomic E-state index is 0.0518. The number of aromatic nitrogens is 3. The number of fused-ring (bicyclic) bond motifs is 2. The van der Waals surface area contributed by atoms with Gasteiger partial charge in [-0.25, -0.2) is 9.37 Å². The van der Waals surface area contributed by atoms with Crippen LogP contribution in [-0.4, -0.2) is 27.0 Å². The molecular formula is C23H23FN4O. The molecule has 0 spiro atoms. The van der Waals surface area contributed by atoms with E-state index in [0.29, 0.717) is 11.0 Å². The van der Waals surface area contributed by atoms with Crippen molar-refractivity contribution >= 4 is 16.4 Å². The first kappa shape index (κ1) is 18.1. The lowest BCUT2D eigenvalue weighted by Crippen LogP contribution is -2.34. The Morgan fingerprint density at radius 3 is 2.62 bits per heavy atom. The van der Waals surface area contributed by atoms with Crippen LogP contribution in [0.5, 0.6) is 0 Å². The summed E-state index contributed by atoms with van der Waals surface area (Å²) in [5.74, 6) is -0.353. The van der Waals surface area contributed by atoms with Gasteiger partial charge in [0.05, 0.1) is 5.69 Å². The molecule has 1 saturated heterocycles. The molecule has 1 fully saturated rings. The molecule has 0 bridgehead atoms. The summed E-state index contributed by atoms with van der Waals surface area (Å²) in [5.41, 5.74) is 3.85. The van der Waals surface area contributed by atoms with Gasteiger partial charge in [0.2, 0.25) is 0 Å². The van der Waals surface area contributed by atoms with Crippen molar-refractivity contribution in [3.05, 3.63) is 70.3 Å². The number of hydrogen-bond acceptors (Lipinski definition) is 3. The zero-order valence-corrected chi connectivity index (χ0v) is 16.6. The van der Waals surface area contributed by atoms with Crippen LogP contribution in [0.1, 0.15) is 30.1 Å². The highest BCUT2D eigenvalue weighted by Crippen LogP contribution is 2.28. The fourth-order valence-corrected chi connectivity index (χ4v) is 4.41. The molecule has 1 N–H and O–H groups in total. The van der Waals surface area contributed by atoms with E-state index >= 15 is 0 Å². The minimum atomic E-state index is -0.353. The number of nitrogens with one attached hydrogen (secondary N) is 1. The fourth-order valence-electron chi connectivity index (χ4n) is 4.41. The molecule has 5 nitrogen and oxygen atoms in total. The quantitative estimate of drug-likeness (QED) is 0.563. The summed E-state index contributed by atoms with van der Waals surface area (Å²) < 4.78 is 18.1. The lowest BCUT2D eigenvalue weighted by Gasteiger charge is -2.25. The van der Waals surface area contributed by atoms with Crippen LogP contribution in [0.3, 0.4) is 0 Å². The molecule has 1 aliphatic rings. The Balaban J connectivity index is 1.64. The summed E-state index contributed by atoms with van der Waals surface area (Å²) in [7, 11) is 0. The number of imidazole rings is 1. The van der Waals surface area contributed by atoms with Crippen molar-refractivity contribution in [3.8, 4) is 11.1 Å². The van der Waals surface area contributed by atoms with E-state index in [4.69, 9.17) is 0 Å². The van der Waals surface area contributed by atoms with Crippen LogP contribution in [-0.2, 0) is 0 Å². The molecule has 1 aliphatic heterocycles. The number of piperidine rings is 1. The van der Waals surface area contributed by atoms with Crippen molar-refractivity contribution in [2.24, 2.45) is 0 Å². The number of nitrogens with zero attached hydrogens (tertiary/aromatic N) is 3. The van der Waals surface area contributed by atoms with Crippen LogP contribution in [0.15, 0.2) is 47.7 Å². The summed E-state index contributed by atoms with van der Waals surface area (Å²) in [5, 5.41) is 4.98. The molecule has 4 aromatic rings. The second-order valence-corrected chi connectivity index (χ2v) is 7.96. The molecule has 0 saturated carbocycles. The fraction of sp³-hybridized carbons (Fsp3) is 0.304. The van der Waals surface area contributed by atoms with E-state index in [9.17, 15) is 9.18 Å². The minimum Gasteiger partial charge on any atom is -0.317 e. The molecule has 148 valence electrons. The number of hydrogen-bond donors (Lipinski definition) is 1. The average Bonchev–Trinajstić information content (AvgIpc) is 3.12. The van der Waals surface area contributed by atoms with Crippen LogP contribution >= 0.6 is 0 Å². The van der Waals surface area contributed by atoms with E-state index < -0.39 is 0 Å². The monoisotopic (exact) mass is 390 g/mol. The first-order chi connectivity index (χ1) is 14.0. The van der Waals surface area contributed by atoms with Gasteiger partial charge in [-0.15, -0.1) is 0 Å². The number of benzene rings is 1. The third kappa shape index (κ3) is 3.04. The molecule has 0 unspecified atom stereocenters. The number of aryl methyl sites for hydroxylation is 2. The van der Waals surface area contributed by atoms with E-state index in [2.05, 4.69) is 10.3 Å². The maximum absolute atomic E-state index is 14.5. The number of pyridine rings is 2. The summed E-state index contributed by atoms with van der Waals surface area (Å²) in [6, 6.07) is 7.52. The molecular weight excluding hydrogens is 367 g/mol. The largest absolute Gasteiger partial charge is 0.317 e. The van der Waals surface area contributed by atoms with Crippen molar-refractivity contribution in [2.45, 2.75) is 32.7 Å². The molecule has 5 rings (SSSR count). The third-order valence-corrected chi connectivity index (χ3v) is 5.90. The Morgan fingerprint density at radius 1 is 1.03 bits per heavy atom. The van der Waals surface area contributed by atoms with Gasteiger partial charge in [-0.3, -0.25) is 4.79 Å². The molecule has 0 radical (unpaired) electrons. The number of halogens is 1. The molecule has 0 amide bonds. The van der Waals surface area contributed by atoms with E-state index in [1.807, 2.05) is 55.2 Å². The Bertz CT molecular complexity index is 1300. The molecule has 3 aromatic heterocycles. The smallest absolute Gasteiger partial charge is 0.258 e. The van der Waals surface area contributed by atoms with Crippen LogP contribution in [0, 0.1) is 19.7 Å². The first-order valence-electron chi connectivity index (χ1n) is 10.0. The van der Waals surface area contributed by atoms with Gasteiger partial charge in [0.1, 0.15) is 0 Å². The van der Waals surface area contributed by atoms with Gasteiger partial charge in [-0.05, 0) is 74.5 Å². The first-order valence-corrected chi connectivity index (χ1v) is 10.0. The molecule has 1 aromatic carbocycles. The maximum atomic E-state index is 14.5. The average molecular weight is 390 g/mol. The lowest BCUT2D eigenvalue weighted by molar-refractivity contribution is 0.361. The zero-order valence-electron chi connectivity index (χ0n) is 16.6. The summed E-state index contributed by atoms with van der Waals surface area (Å²) in [6.45, 7) is 5.76. The van der Waals surface area contributed by atoms with Crippen molar-refractivity contribution in [2.75, 3.05) is 13.1 Å². The maximum Gasteiger partial charge on any atom is 0.258 e. The normalized spacial score (nSPS) is 15.4. The zero-order chi connectivity index (χ0) is 20.1. The van der Waals surface area contributed by atoms with E-state index in [1.165, 1.54) is 6.07 Å². The summed E-state index contributed by atoms with van der Waals surface area (Å²) >= 11 is 0. The Hall–Kier alpha value is -2.99. The molecule has 29 heavy (non-hydrogen) atoms. The van der Waals surface area contributed by atoms with Crippen LogP contribution in [0.25, 0.3) is 27.5 Å². The van der Waals surface area contributed by atoms with Crippen molar-refractivity contribution in [1.82, 2.24) is 19.3 Å². The Labute approximate surface area is 167 Å². The number of rotatable bonds is 2. The van der Waals surface area contributed by atoms with Crippen molar-refractivity contribution in [3.63, 3.8) is 0 Å². The highest BCUT2D eigenvalue weighted by atomic mass is 19.1. The standard InChI is InChI=1S/C23H23FN4O/c1-14-11-28(18-5-7-25-8-6-18)23(29)19-4-3-16(9-20(14)19)17-10-21(24)22-26-15(2)12-27(22)13-17/h3-4,9-13,18,25H,5-8H2,1-2H3. The Kier molecular flexibility index (Phi) is 4.24. The van der Waals surface area contributed by atoms with Gasteiger partial charge < -0.3 is 14.3 Å². The van der Waals surface area contributed by atoms with E-state index in [0.717, 1.165) is 53.7 Å². The van der Waals surface area contributed by atoms with E-state index in [-0.39, 0.29) is 17.4 Å². The molecule has 4 heterocycles. The second-order valence-electron chi connectivity index (χ2n) is 7.96. The van der Waals surface area contributed by atoms with Crippen LogP contribution in [0.2, 0.25) is 0 Å². The van der Waals surface area contributed by atoms with Gasteiger partial charge in [-0.2, -0.15) is 0 Å². The van der Waals surface area contributed by atoms with Crippen molar-refractivity contribution in [1.29, 1.82) is 0 Å². The molecule has 0 atom stereocenters. The second kappa shape index (κ2) is 6.81. The van der Waals surface area contributed by atoms with Gasteiger partial charge in [0.15, 0.2) is 11.5 Å². The molecule has 0 aliphatic carbocycles. The SMILES string of the molecule is Cc1cn2cc(-c3ccc4c(=O)n(C5CCNCC5)cc(C)c4c3)cc(F)c2n1. The highest BCUT2D eigenvalue weighted by Gasteiger charge is 2.18. The Morgan fingerprint density at radius 2 is 1.83 bits per heavy atom. The van der Waals surface area contributed by atoms with Gasteiger partial charge in [0.25, 0.3) is 5.56 Å². The predicted octanol–water partition coefficient (Wildman–Crippen LogP) is 4.00. The van der Waals surface area contributed by atoms with Gasteiger partial charge >= 0.3 is 0 Å². The third-order valence-electron chi connectivity index (χ3n) is 5.90. The van der Waals surface area contributed by atoms with Crippen LogP contribution in [0.4, 0.5) is 4.39 Å². The van der Waals surface area contributed by atoms with Crippen molar-refractivity contribution < 1.29 is 4.39 Å². The van der Waals surface area contributed by atoms with E-state index in [1.54, 1.807) is 4.40 Å². The van der Waals surface area contributed by atoms with Gasteiger partial charge in [0, 0.05) is 35.6 Å². The summed E-state index contributed by atoms with van der Waals surface area (Å²) in [6.07, 6.45) is 7.60. The summed E-state index contributed by atoms with van der Waals surface area (Å²) in [4.78, 5) is 17.3. The van der Waals surface area contributed by atoms with Crippen LogP contribution < -0.4 is 10.9 Å². The molecule has 6 heteroatoms. The van der Waals surface area contributed by atoms with Gasteiger partial charge in [-0.1, -0.05) is 6.07 Å². The topological polar surface area (TPSA) is 51.3 Å².